The summed E-state index contributed by atoms with van der Waals surface area (Å²) in [6, 6.07) is 5.15. The van der Waals surface area contributed by atoms with Crippen LogP contribution in [-0.4, -0.2) is 35.0 Å². The minimum Gasteiger partial charge on any atom is -0.405 e. The van der Waals surface area contributed by atoms with Gasteiger partial charge in [0, 0.05) is 12.1 Å². The first-order valence-electron chi connectivity index (χ1n) is 7.51. The Balaban J connectivity index is 1.75. The van der Waals surface area contributed by atoms with Crippen molar-refractivity contribution in [3.8, 4) is 5.75 Å². The molecule has 7 nitrogen and oxygen atoms in total. The molecule has 0 spiro atoms. The van der Waals surface area contributed by atoms with Crippen LogP contribution in [0.2, 0.25) is 0 Å². The third kappa shape index (κ3) is 5.15. The second-order valence-electron chi connectivity index (χ2n) is 5.91. The van der Waals surface area contributed by atoms with Crippen LogP contribution in [0.15, 0.2) is 24.3 Å². The largest absolute Gasteiger partial charge is 0.573 e. The van der Waals surface area contributed by atoms with Crippen molar-refractivity contribution in [2.75, 3.05) is 0 Å². The van der Waals surface area contributed by atoms with E-state index in [4.69, 9.17) is 0 Å². The summed E-state index contributed by atoms with van der Waals surface area (Å²) in [5.41, 5.74) is -0.0685. The maximum absolute atomic E-state index is 12.4. The number of halogens is 3. The highest BCUT2D eigenvalue weighted by Gasteiger charge is 2.33. The molecule has 0 aliphatic heterocycles. The number of para-hydroxylation sites is 1. The number of rotatable bonds is 7. The van der Waals surface area contributed by atoms with E-state index in [0.717, 1.165) is 18.9 Å². The van der Waals surface area contributed by atoms with Crippen molar-refractivity contribution in [3.63, 3.8) is 0 Å². The highest BCUT2D eigenvalue weighted by atomic mass is 32.2. The Bertz CT molecular complexity index is 847. The van der Waals surface area contributed by atoms with Gasteiger partial charge >= 0.3 is 6.36 Å². The SMILES string of the molecule is O=S(=O)(Cc1ccccc1OC(F)(F)F)Cc1nnnn1CC1CC1. The van der Waals surface area contributed by atoms with Crippen LogP contribution in [0.3, 0.4) is 0 Å². The number of ether oxygens (including phenoxy) is 1. The smallest absolute Gasteiger partial charge is 0.405 e. The quantitative estimate of drug-likeness (QED) is 0.735. The summed E-state index contributed by atoms with van der Waals surface area (Å²) < 4.78 is 67.4. The topological polar surface area (TPSA) is 87.0 Å². The Morgan fingerprint density at radius 3 is 2.60 bits per heavy atom. The molecule has 136 valence electrons. The second-order valence-corrected chi connectivity index (χ2v) is 7.97. The van der Waals surface area contributed by atoms with Crippen molar-refractivity contribution in [2.45, 2.75) is 37.3 Å². The fourth-order valence-corrected chi connectivity index (χ4v) is 3.76. The van der Waals surface area contributed by atoms with Crippen molar-refractivity contribution in [2.24, 2.45) is 5.92 Å². The summed E-state index contributed by atoms with van der Waals surface area (Å²) in [6.45, 7) is 0.547. The first kappa shape index (κ1) is 17.6. The lowest BCUT2D eigenvalue weighted by atomic mass is 10.2. The minimum atomic E-state index is -4.89. The lowest BCUT2D eigenvalue weighted by Gasteiger charge is -2.13. The Morgan fingerprint density at radius 2 is 1.92 bits per heavy atom. The van der Waals surface area contributed by atoms with Crippen LogP contribution in [0, 0.1) is 5.92 Å². The molecule has 11 heteroatoms. The predicted molar refractivity (Wildman–Crippen MR) is 80.0 cm³/mol. The monoisotopic (exact) mass is 376 g/mol. The number of benzene rings is 1. The summed E-state index contributed by atoms with van der Waals surface area (Å²) >= 11 is 0. The second kappa shape index (κ2) is 6.62. The van der Waals surface area contributed by atoms with Gasteiger partial charge in [-0.3, -0.25) is 0 Å². The molecule has 0 saturated heterocycles. The molecule has 2 aromatic rings. The van der Waals surface area contributed by atoms with E-state index in [0.29, 0.717) is 12.5 Å². The lowest BCUT2D eigenvalue weighted by Crippen LogP contribution is -2.19. The molecule has 0 amide bonds. The number of aromatic nitrogens is 4. The number of alkyl halides is 3. The van der Waals surface area contributed by atoms with Gasteiger partial charge in [-0.2, -0.15) is 0 Å². The Hall–Kier alpha value is -2.17. The summed E-state index contributed by atoms with van der Waals surface area (Å²) in [6.07, 6.45) is -2.80. The van der Waals surface area contributed by atoms with Gasteiger partial charge in [0.15, 0.2) is 15.7 Å². The zero-order valence-electron chi connectivity index (χ0n) is 13.0. The molecule has 1 aromatic carbocycles. The molecular formula is C14H15F3N4O3S. The van der Waals surface area contributed by atoms with Gasteiger partial charge in [0.05, 0.1) is 5.75 Å². The van der Waals surface area contributed by atoms with E-state index in [1.807, 2.05) is 0 Å². The van der Waals surface area contributed by atoms with Crippen molar-refractivity contribution in [1.29, 1.82) is 0 Å². The van der Waals surface area contributed by atoms with Gasteiger partial charge < -0.3 is 4.74 Å². The molecule has 1 heterocycles. The normalized spacial score (nSPS) is 15.3. The van der Waals surface area contributed by atoms with E-state index in [1.54, 1.807) is 0 Å². The van der Waals surface area contributed by atoms with Crippen LogP contribution in [0.5, 0.6) is 5.75 Å². The predicted octanol–water partition coefficient (Wildman–Crippen LogP) is 2.10. The maximum Gasteiger partial charge on any atom is 0.573 e. The van der Waals surface area contributed by atoms with E-state index in [9.17, 15) is 21.6 Å². The fourth-order valence-electron chi connectivity index (χ4n) is 2.35. The van der Waals surface area contributed by atoms with Crippen LogP contribution in [0.25, 0.3) is 0 Å². The molecule has 3 rings (SSSR count). The molecule has 25 heavy (non-hydrogen) atoms. The lowest BCUT2D eigenvalue weighted by molar-refractivity contribution is -0.274. The van der Waals surface area contributed by atoms with Crippen molar-refractivity contribution < 1.29 is 26.3 Å². The Morgan fingerprint density at radius 1 is 1.20 bits per heavy atom. The van der Waals surface area contributed by atoms with Gasteiger partial charge in [-0.1, -0.05) is 18.2 Å². The van der Waals surface area contributed by atoms with Gasteiger partial charge in [0.25, 0.3) is 0 Å². The zero-order valence-corrected chi connectivity index (χ0v) is 13.8. The third-order valence-electron chi connectivity index (χ3n) is 3.66. The molecule has 1 fully saturated rings. The minimum absolute atomic E-state index is 0.0685. The van der Waals surface area contributed by atoms with Crippen molar-refractivity contribution in [3.05, 3.63) is 35.7 Å². The molecule has 0 N–H and O–H groups in total. The van der Waals surface area contributed by atoms with Gasteiger partial charge in [-0.15, -0.1) is 18.3 Å². The van der Waals surface area contributed by atoms with Crippen LogP contribution in [0.1, 0.15) is 24.2 Å². The van der Waals surface area contributed by atoms with Crippen LogP contribution in [0.4, 0.5) is 13.2 Å². The van der Waals surface area contributed by atoms with E-state index >= 15 is 0 Å². The van der Waals surface area contributed by atoms with Crippen LogP contribution in [-0.2, 0) is 27.9 Å². The number of hydrogen-bond acceptors (Lipinski definition) is 6. The Labute approximate surface area is 141 Å². The van der Waals surface area contributed by atoms with Gasteiger partial charge in [-0.25, -0.2) is 13.1 Å². The number of tetrazole rings is 1. The van der Waals surface area contributed by atoms with E-state index < -0.39 is 33.5 Å². The average Bonchev–Trinajstić information content (AvgIpc) is 3.20. The molecule has 0 atom stereocenters. The number of hydrogen-bond donors (Lipinski definition) is 0. The fraction of sp³-hybridized carbons (Fsp3) is 0.500. The summed E-state index contributed by atoms with van der Waals surface area (Å²) in [5.74, 6) is -0.953. The van der Waals surface area contributed by atoms with Gasteiger partial charge in [0.2, 0.25) is 0 Å². The zero-order chi connectivity index (χ0) is 18.1. The highest BCUT2D eigenvalue weighted by Crippen LogP contribution is 2.31. The van der Waals surface area contributed by atoms with E-state index in [-0.39, 0.29) is 11.4 Å². The molecule has 1 saturated carbocycles. The number of sulfone groups is 1. The van der Waals surface area contributed by atoms with Crippen LogP contribution >= 0.6 is 0 Å². The van der Waals surface area contributed by atoms with Crippen molar-refractivity contribution >= 4 is 9.84 Å². The van der Waals surface area contributed by atoms with Gasteiger partial charge in [-0.05, 0) is 35.3 Å². The highest BCUT2D eigenvalue weighted by molar-refractivity contribution is 7.89. The molecule has 1 aromatic heterocycles. The molecule has 0 bridgehead atoms. The summed E-state index contributed by atoms with van der Waals surface area (Å²) in [4.78, 5) is 0. The summed E-state index contributed by atoms with van der Waals surface area (Å²) in [5, 5.41) is 11.0. The molecule has 0 radical (unpaired) electrons. The number of nitrogens with zero attached hydrogens (tertiary/aromatic N) is 4. The van der Waals surface area contributed by atoms with E-state index in [1.165, 1.54) is 22.9 Å². The first-order chi connectivity index (χ1) is 11.7. The van der Waals surface area contributed by atoms with Gasteiger partial charge in [0.1, 0.15) is 11.5 Å². The first-order valence-corrected chi connectivity index (χ1v) is 9.33. The standard InChI is InChI=1S/C14H15F3N4O3S/c15-14(16,17)24-12-4-2-1-3-11(12)8-25(22,23)9-13-18-19-20-21(13)7-10-5-6-10/h1-4,10H,5-9H2. The maximum atomic E-state index is 12.4. The molecular weight excluding hydrogens is 361 g/mol. The van der Waals surface area contributed by atoms with Crippen molar-refractivity contribution in [1.82, 2.24) is 20.2 Å². The van der Waals surface area contributed by atoms with Crippen LogP contribution < -0.4 is 4.74 Å². The Kier molecular flexibility index (Phi) is 4.67. The molecule has 1 aliphatic rings. The third-order valence-corrected chi connectivity index (χ3v) is 5.11. The summed E-state index contributed by atoms with van der Waals surface area (Å²) in [7, 11) is -3.78. The molecule has 1 aliphatic carbocycles. The molecule has 0 unspecified atom stereocenters. The average molecular weight is 376 g/mol. The van der Waals surface area contributed by atoms with E-state index in [2.05, 4.69) is 20.3 Å².